The van der Waals surface area contributed by atoms with Crippen LogP contribution in [0.4, 0.5) is 0 Å². The summed E-state index contributed by atoms with van der Waals surface area (Å²) in [5.41, 5.74) is 0.0901. The molecule has 162 valence electrons. The van der Waals surface area contributed by atoms with Crippen LogP contribution >= 0.6 is 11.6 Å². The highest BCUT2D eigenvalue weighted by atomic mass is 35.5. The molecule has 0 amide bonds. The maximum Gasteiger partial charge on any atom is 0.264 e. The molecule has 31 heavy (non-hydrogen) atoms. The van der Waals surface area contributed by atoms with Gasteiger partial charge in [-0.25, -0.2) is 0 Å². The van der Waals surface area contributed by atoms with E-state index in [2.05, 4.69) is 29.6 Å². The van der Waals surface area contributed by atoms with E-state index in [-0.39, 0.29) is 13.2 Å². The topological polar surface area (TPSA) is 75.6 Å². The Bertz CT molecular complexity index is 1390. The number of aliphatic hydroxyl groups excluding tert-OH is 1. The van der Waals surface area contributed by atoms with Crippen molar-refractivity contribution in [2.24, 2.45) is 0 Å². The molecule has 2 N–H and O–H groups in total. The molecule has 4 aromatic rings. The van der Waals surface area contributed by atoms with Crippen LogP contribution in [0.15, 0.2) is 60.7 Å². The Morgan fingerprint density at radius 1 is 0.968 bits per heavy atom. The van der Waals surface area contributed by atoms with Gasteiger partial charge < -0.3 is 10.4 Å². The quantitative estimate of drug-likeness (QED) is 0.313. The van der Waals surface area contributed by atoms with E-state index in [1.807, 2.05) is 36.4 Å². The molecule has 0 aliphatic heterocycles. The van der Waals surface area contributed by atoms with E-state index < -0.39 is 15.7 Å². The Morgan fingerprint density at radius 2 is 1.55 bits per heavy atom. The van der Waals surface area contributed by atoms with Crippen molar-refractivity contribution in [2.75, 3.05) is 19.5 Å². The molecule has 0 fully saturated rings. The van der Waals surface area contributed by atoms with Crippen molar-refractivity contribution in [1.82, 2.24) is 5.32 Å². The smallest absolute Gasteiger partial charge is 0.264 e. The fourth-order valence-electron chi connectivity index (χ4n) is 3.78. The van der Waals surface area contributed by atoms with Gasteiger partial charge in [0, 0.05) is 17.3 Å². The summed E-state index contributed by atoms with van der Waals surface area (Å²) in [4.78, 5) is 0. The highest BCUT2D eigenvalue weighted by Gasteiger charge is 2.26. The van der Waals surface area contributed by atoms with E-state index in [1.165, 1.54) is 0 Å². The fraction of sp³-hybridized carbons (Fsp3) is 0.250. The van der Waals surface area contributed by atoms with Gasteiger partial charge in [-0.3, -0.25) is 4.18 Å². The lowest BCUT2D eigenvalue weighted by atomic mass is 9.93. The molecule has 4 rings (SSSR count). The van der Waals surface area contributed by atoms with Crippen molar-refractivity contribution in [3.63, 3.8) is 0 Å². The van der Waals surface area contributed by atoms with Gasteiger partial charge in [0.25, 0.3) is 10.1 Å². The van der Waals surface area contributed by atoms with Crippen molar-refractivity contribution >= 4 is 54.0 Å². The van der Waals surface area contributed by atoms with Gasteiger partial charge >= 0.3 is 0 Å². The first-order valence-electron chi connectivity index (χ1n) is 9.93. The lowest BCUT2D eigenvalue weighted by Crippen LogP contribution is -2.49. The van der Waals surface area contributed by atoms with Crippen LogP contribution < -0.4 is 5.32 Å². The van der Waals surface area contributed by atoms with Crippen molar-refractivity contribution in [3.05, 3.63) is 71.2 Å². The van der Waals surface area contributed by atoms with Crippen LogP contribution in [0.25, 0.3) is 32.3 Å². The first-order chi connectivity index (χ1) is 14.7. The molecule has 0 spiro atoms. The molecule has 4 aromatic carbocycles. The monoisotopic (exact) mass is 457 g/mol. The second-order valence-corrected chi connectivity index (χ2v) is 10.1. The van der Waals surface area contributed by atoms with Crippen LogP contribution in [0.1, 0.15) is 12.5 Å². The Labute approximate surface area is 186 Å². The zero-order valence-corrected chi connectivity index (χ0v) is 18.9. The average molecular weight is 458 g/mol. The van der Waals surface area contributed by atoms with E-state index in [0.717, 1.165) is 44.1 Å². The minimum atomic E-state index is -3.62. The van der Waals surface area contributed by atoms with Crippen molar-refractivity contribution in [3.8, 4) is 0 Å². The predicted octanol–water partition coefficient (Wildman–Crippen LogP) is 4.62. The largest absolute Gasteiger partial charge is 0.394 e. The summed E-state index contributed by atoms with van der Waals surface area (Å²) in [7, 11) is -3.62. The van der Waals surface area contributed by atoms with Gasteiger partial charge in [0.1, 0.15) is 0 Å². The van der Waals surface area contributed by atoms with Gasteiger partial charge in [-0.05, 0) is 46.2 Å². The van der Waals surface area contributed by atoms with Crippen LogP contribution in [0.3, 0.4) is 0 Å². The number of aliphatic hydroxyl groups is 1. The van der Waals surface area contributed by atoms with Gasteiger partial charge in [-0.15, -0.1) is 0 Å². The molecule has 0 aliphatic carbocycles. The highest BCUT2D eigenvalue weighted by Crippen LogP contribution is 2.38. The lowest BCUT2D eigenvalue weighted by molar-refractivity contribution is 0.118. The molecule has 0 saturated heterocycles. The zero-order chi connectivity index (χ0) is 22.2. The third-order valence-corrected chi connectivity index (χ3v) is 6.52. The molecule has 0 bridgehead atoms. The lowest BCUT2D eigenvalue weighted by Gasteiger charge is -2.29. The van der Waals surface area contributed by atoms with E-state index >= 15 is 0 Å². The second-order valence-electron chi connectivity index (χ2n) is 8.12. The number of hydrogen-bond donors (Lipinski definition) is 2. The summed E-state index contributed by atoms with van der Waals surface area (Å²) < 4.78 is 27.8. The van der Waals surface area contributed by atoms with Gasteiger partial charge in [0.2, 0.25) is 0 Å². The van der Waals surface area contributed by atoms with Crippen LogP contribution in [-0.4, -0.2) is 38.5 Å². The van der Waals surface area contributed by atoms with Crippen LogP contribution in [0.5, 0.6) is 0 Å². The number of fused-ring (bicyclic) bond motifs is 3. The summed E-state index contributed by atoms with van der Waals surface area (Å²) in [6.45, 7) is 1.67. The van der Waals surface area contributed by atoms with Gasteiger partial charge in [0.05, 0.1) is 30.0 Å². The Balaban J connectivity index is 1.85. The second kappa shape index (κ2) is 8.37. The molecule has 0 saturated carbocycles. The van der Waals surface area contributed by atoms with Crippen molar-refractivity contribution in [2.45, 2.75) is 19.0 Å². The maximum absolute atomic E-state index is 11.4. The molecule has 5 nitrogen and oxygen atoms in total. The molecule has 0 heterocycles. The molecule has 0 aliphatic rings. The SMILES string of the molecule is CC(CO)(COS(C)(=O)=O)NCc1c2ccccc2c(Cl)c2cc3ccccc3cc12. The molecule has 7 heteroatoms. The average Bonchev–Trinajstić information content (AvgIpc) is 2.76. The van der Waals surface area contributed by atoms with Crippen LogP contribution in [0, 0.1) is 0 Å². The van der Waals surface area contributed by atoms with E-state index in [0.29, 0.717) is 11.6 Å². The normalized spacial score (nSPS) is 14.3. The van der Waals surface area contributed by atoms with Crippen molar-refractivity contribution in [1.29, 1.82) is 0 Å². The first-order valence-corrected chi connectivity index (χ1v) is 12.1. The van der Waals surface area contributed by atoms with E-state index in [4.69, 9.17) is 15.8 Å². The Hall–Kier alpha value is -2.22. The summed E-state index contributed by atoms with van der Waals surface area (Å²) in [5, 5.41) is 20.0. The van der Waals surface area contributed by atoms with Gasteiger partial charge in [0.15, 0.2) is 0 Å². The van der Waals surface area contributed by atoms with Crippen LogP contribution in [-0.2, 0) is 20.8 Å². The molecule has 0 aromatic heterocycles. The minimum Gasteiger partial charge on any atom is -0.394 e. The third-order valence-electron chi connectivity index (χ3n) is 5.57. The number of hydrogen-bond acceptors (Lipinski definition) is 5. The number of rotatable bonds is 7. The highest BCUT2D eigenvalue weighted by molar-refractivity contribution is 7.85. The van der Waals surface area contributed by atoms with E-state index in [9.17, 15) is 13.5 Å². The predicted molar refractivity (Wildman–Crippen MR) is 127 cm³/mol. The standard InChI is InChI=1S/C24H24ClNO4S/c1-24(14-27,15-30-31(2,28)29)26-13-22-18-9-5-6-10-19(18)23(25)21-12-17-8-4-3-7-16(17)11-20(21)22/h3-12,26-27H,13-15H2,1-2H3. The van der Waals surface area contributed by atoms with Gasteiger partial charge in [-0.2, -0.15) is 8.42 Å². The fourth-order valence-corrected chi connectivity index (χ4v) is 4.58. The summed E-state index contributed by atoms with van der Waals surface area (Å²) in [5.74, 6) is 0. The number of nitrogens with one attached hydrogen (secondary N) is 1. The Morgan fingerprint density at radius 3 is 2.16 bits per heavy atom. The summed E-state index contributed by atoms with van der Waals surface area (Å²) in [6.07, 6.45) is 0.996. The maximum atomic E-state index is 11.4. The minimum absolute atomic E-state index is 0.172. The van der Waals surface area contributed by atoms with Crippen LogP contribution in [0.2, 0.25) is 5.02 Å². The zero-order valence-electron chi connectivity index (χ0n) is 17.4. The molecule has 1 unspecified atom stereocenters. The number of benzene rings is 4. The Kier molecular flexibility index (Phi) is 5.94. The number of halogens is 1. The van der Waals surface area contributed by atoms with E-state index in [1.54, 1.807) is 6.92 Å². The first kappa shape index (κ1) is 22.0. The molecule has 1 atom stereocenters. The summed E-state index contributed by atoms with van der Waals surface area (Å²) >= 11 is 6.82. The third kappa shape index (κ3) is 4.54. The summed E-state index contributed by atoms with van der Waals surface area (Å²) in [6, 6.07) is 20.3. The molecule has 0 radical (unpaired) electrons. The van der Waals surface area contributed by atoms with Crippen molar-refractivity contribution < 1.29 is 17.7 Å². The molecular formula is C24H24ClNO4S. The van der Waals surface area contributed by atoms with Gasteiger partial charge in [-0.1, -0.05) is 60.1 Å². The molecular weight excluding hydrogens is 434 g/mol.